The minimum absolute atomic E-state index is 0.0528. The van der Waals surface area contributed by atoms with E-state index in [0.29, 0.717) is 24.6 Å². The molecule has 5 atom stereocenters. The summed E-state index contributed by atoms with van der Waals surface area (Å²) in [7, 11) is 1.39. The number of methoxy groups -OCH3 is 1. The molecule has 7 heteroatoms. The number of fused-ring (bicyclic) bond motifs is 4. The van der Waals surface area contributed by atoms with Gasteiger partial charge in [0.25, 0.3) is 0 Å². The van der Waals surface area contributed by atoms with Crippen molar-refractivity contribution in [2.24, 2.45) is 17.8 Å². The molecule has 3 aliphatic heterocycles. The van der Waals surface area contributed by atoms with Crippen molar-refractivity contribution in [1.29, 1.82) is 0 Å². The van der Waals surface area contributed by atoms with Crippen LogP contribution in [-0.2, 0) is 14.2 Å². The topological polar surface area (TPSA) is 74.3 Å². The van der Waals surface area contributed by atoms with E-state index >= 15 is 0 Å². The first-order valence-corrected chi connectivity index (χ1v) is 12.9. The molecule has 0 spiro atoms. The zero-order chi connectivity index (χ0) is 25.5. The highest BCUT2D eigenvalue weighted by molar-refractivity contribution is 5.89. The number of nitrogens with zero attached hydrogens (tertiary/aromatic N) is 1. The third kappa shape index (κ3) is 5.45. The third-order valence-corrected chi connectivity index (χ3v) is 7.64. The Hall–Kier alpha value is -2.28. The van der Waals surface area contributed by atoms with E-state index in [1.54, 1.807) is 6.07 Å². The number of ether oxygens (including phenoxy) is 4. The normalized spacial score (nSPS) is 30.0. The fraction of sp³-hybridized carbons (Fsp3) is 0.714. The van der Waals surface area contributed by atoms with Crippen LogP contribution in [0.25, 0.3) is 0 Å². The van der Waals surface area contributed by atoms with Crippen molar-refractivity contribution in [3.8, 4) is 5.75 Å². The van der Waals surface area contributed by atoms with Gasteiger partial charge in [0.05, 0.1) is 24.9 Å². The molecule has 4 rings (SSSR count). The number of esters is 1. The highest BCUT2D eigenvalue weighted by atomic mass is 16.6. The van der Waals surface area contributed by atoms with Gasteiger partial charge >= 0.3 is 12.1 Å². The van der Waals surface area contributed by atoms with Crippen molar-refractivity contribution >= 4 is 12.1 Å². The van der Waals surface area contributed by atoms with Gasteiger partial charge in [0, 0.05) is 30.5 Å². The Morgan fingerprint density at radius 2 is 2.00 bits per heavy atom. The average Bonchev–Trinajstić information content (AvgIpc) is 2.80. The standard InChI is InChI=1S/C28H41NO6/c1-17(2)10-12-28(6)21-15-19-16-29(26(31)35-27(3,4)5)13-11-22(19)33-24(21)20-14-18(25(30)32-7)8-9-23(20)34-28/h8-9,14,17,19,21-22,24H,10-13,15-16H2,1-7H3/t19-,21+,22+,24-,28-/m1/s1. The van der Waals surface area contributed by atoms with Gasteiger partial charge in [0.2, 0.25) is 0 Å². The van der Waals surface area contributed by atoms with Crippen LogP contribution < -0.4 is 4.74 Å². The summed E-state index contributed by atoms with van der Waals surface area (Å²) in [4.78, 5) is 26.8. The van der Waals surface area contributed by atoms with Crippen molar-refractivity contribution in [2.45, 2.75) is 90.6 Å². The summed E-state index contributed by atoms with van der Waals surface area (Å²) < 4.78 is 24.1. The lowest BCUT2D eigenvalue weighted by Crippen LogP contribution is -2.57. The Morgan fingerprint density at radius 3 is 2.66 bits per heavy atom. The molecular formula is C28H41NO6. The van der Waals surface area contributed by atoms with Gasteiger partial charge in [-0.15, -0.1) is 0 Å². The predicted molar refractivity (Wildman–Crippen MR) is 133 cm³/mol. The maximum atomic E-state index is 12.8. The molecule has 3 heterocycles. The van der Waals surface area contributed by atoms with Gasteiger partial charge in [0.15, 0.2) is 0 Å². The van der Waals surface area contributed by atoms with Gasteiger partial charge in [0.1, 0.15) is 17.0 Å². The first-order valence-electron chi connectivity index (χ1n) is 12.9. The lowest BCUT2D eigenvalue weighted by molar-refractivity contribution is -0.191. The molecule has 3 aliphatic rings. The zero-order valence-corrected chi connectivity index (χ0v) is 22.3. The van der Waals surface area contributed by atoms with Crippen LogP contribution in [-0.4, -0.2) is 54.5 Å². The molecule has 1 aromatic rings. The molecule has 1 aromatic carbocycles. The van der Waals surface area contributed by atoms with E-state index < -0.39 is 11.2 Å². The number of hydrogen-bond acceptors (Lipinski definition) is 6. The second-order valence-corrected chi connectivity index (χ2v) is 12.0. The van der Waals surface area contributed by atoms with Crippen LogP contribution in [0.5, 0.6) is 5.75 Å². The molecule has 1 amide bonds. The second-order valence-electron chi connectivity index (χ2n) is 12.0. The minimum atomic E-state index is -0.518. The smallest absolute Gasteiger partial charge is 0.410 e. The number of hydrogen-bond donors (Lipinski definition) is 0. The summed E-state index contributed by atoms with van der Waals surface area (Å²) >= 11 is 0. The summed E-state index contributed by atoms with van der Waals surface area (Å²) in [5.41, 5.74) is 0.515. The number of piperidine rings is 1. The fourth-order valence-corrected chi connectivity index (χ4v) is 5.75. The minimum Gasteiger partial charge on any atom is -0.487 e. The molecule has 0 unspecified atom stereocenters. The number of carbonyl (C=O) groups excluding carboxylic acids is 2. The van der Waals surface area contributed by atoms with E-state index in [2.05, 4.69) is 20.8 Å². The van der Waals surface area contributed by atoms with Gasteiger partial charge in [-0.3, -0.25) is 0 Å². The predicted octanol–water partition coefficient (Wildman–Crippen LogP) is 5.76. The summed E-state index contributed by atoms with van der Waals surface area (Å²) in [5.74, 6) is 1.31. The van der Waals surface area contributed by atoms with E-state index in [4.69, 9.17) is 18.9 Å². The SMILES string of the molecule is COC(=O)c1ccc2c(c1)[C@H]1O[C@H]3CCN(C(=O)OC(C)(C)C)C[C@H]3C[C@@H]1[C@@](C)(CCC(C)C)O2. The van der Waals surface area contributed by atoms with E-state index in [9.17, 15) is 9.59 Å². The molecular weight excluding hydrogens is 446 g/mol. The van der Waals surface area contributed by atoms with E-state index in [1.807, 2.05) is 37.8 Å². The highest BCUT2D eigenvalue weighted by Gasteiger charge is 2.53. The van der Waals surface area contributed by atoms with Gasteiger partial charge in [-0.05, 0) is 77.5 Å². The van der Waals surface area contributed by atoms with Crippen molar-refractivity contribution in [3.05, 3.63) is 29.3 Å². The highest BCUT2D eigenvalue weighted by Crippen LogP contribution is 2.54. The Bertz CT molecular complexity index is 953. The van der Waals surface area contributed by atoms with Crippen LogP contribution in [0.2, 0.25) is 0 Å². The molecule has 0 saturated carbocycles. The van der Waals surface area contributed by atoms with Crippen molar-refractivity contribution in [2.75, 3.05) is 20.2 Å². The van der Waals surface area contributed by atoms with Crippen LogP contribution in [0.4, 0.5) is 4.79 Å². The fourth-order valence-electron chi connectivity index (χ4n) is 5.75. The molecule has 7 nitrogen and oxygen atoms in total. The lowest BCUT2D eigenvalue weighted by Gasteiger charge is -2.54. The number of rotatable bonds is 4. The molecule has 0 bridgehead atoms. The molecule has 194 valence electrons. The molecule has 0 aliphatic carbocycles. The molecule has 2 saturated heterocycles. The Labute approximate surface area is 209 Å². The van der Waals surface area contributed by atoms with Gasteiger partial charge in [-0.25, -0.2) is 9.59 Å². The van der Waals surface area contributed by atoms with Crippen LogP contribution in [0.1, 0.15) is 89.3 Å². The number of likely N-dealkylation sites (tertiary alicyclic amines) is 1. The van der Waals surface area contributed by atoms with E-state index in [1.165, 1.54) is 7.11 Å². The molecule has 0 radical (unpaired) electrons. The first kappa shape index (κ1) is 25.8. The third-order valence-electron chi connectivity index (χ3n) is 7.64. The summed E-state index contributed by atoms with van der Waals surface area (Å²) in [6.45, 7) is 13.6. The second kappa shape index (κ2) is 9.64. The van der Waals surface area contributed by atoms with Crippen LogP contribution in [0, 0.1) is 17.8 Å². The zero-order valence-electron chi connectivity index (χ0n) is 22.3. The largest absolute Gasteiger partial charge is 0.487 e. The van der Waals surface area contributed by atoms with Crippen LogP contribution in [0.3, 0.4) is 0 Å². The Morgan fingerprint density at radius 1 is 1.26 bits per heavy atom. The number of amides is 1. The van der Waals surface area contributed by atoms with Crippen LogP contribution >= 0.6 is 0 Å². The Kier molecular flexibility index (Phi) is 7.11. The first-order chi connectivity index (χ1) is 16.4. The van der Waals surface area contributed by atoms with Crippen molar-refractivity contribution in [3.63, 3.8) is 0 Å². The Balaban J connectivity index is 1.62. The summed E-state index contributed by atoms with van der Waals surface area (Å²) in [5, 5.41) is 0. The van der Waals surface area contributed by atoms with Gasteiger partial charge in [-0.1, -0.05) is 13.8 Å². The van der Waals surface area contributed by atoms with Crippen molar-refractivity contribution in [1.82, 2.24) is 4.90 Å². The maximum absolute atomic E-state index is 12.8. The van der Waals surface area contributed by atoms with Gasteiger partial charge < -0.3 is 23.8 Å². The lowest BCUT2D eigenvalue weighted by atomic mass is 9.68. The summed E-state index contributed by atoms with van der Waals surface area (Å²) in [6, 6.07) is 5.52. The molecule has 35 heavy (non-hydrogen) atoms. The number of benzene rings is 1. The molecule has 0 N–H and O–H groups in total. The quantitative estimate of drug-likeness (QED) is 0.503. The summed E-state index contributed by atoms with van der Waals surface area (Å²) in [6.07, 6.45) is 3.27. The molecule has 0 aromatic heterocycles. The maximum Gasteiger partial charge on any atom is 0.410 e. The number of carbonyl (C=O) groups is 2. The van der Waals surface area contributed by atoms with Crippen LogP contribution in [0.15, 0.2) is 18.2 Å². The van der Waals surface area contributed by atoms with Crippen molar-refractivity contribution < 1.29 is 28.5 Å². The monoisotopic (exact) mass is 487 g/mol. The average molecular weight is 488 g/mol. The van der Waals surface area contributed by atoms with E-state index in [0.717, 1.165) is 37.0 Å². The van der Waals surface area contributed by atoms with E-state index in [-0.39, 0.29) is 36.1 Å². The molecule has 2 fully saturated rings. The van der Waals surface area contributed by atoms with Gasteiger partial charge in [-0.2, -0.15) is 0 Å².